The molecular formula is C32H44O5. The molecule has 0 bridgehead atoms. The maximum Gasteiger partial charge on any atom is 0.333 e. The summed E-state index contributed by atoms with van der Waals surface area (Å²) in [6.07, 6.45) is 8.37. The van der Waals surface area contributed by atoms with Gasteiger partial charge in [0.05, 0.1) is 7.11 Å². The topological polar surface area (TPSA) is 80.7 Å². The number of Topliss-reactive ketones (excluding diaryl/α,β-unsaturated/α-hetero) is 1. The van der Waals surface area contributed by atoms with Crippen molar-refractivity contribution in [1.82, 2.24) is 0 Å². The van der Waals surface area contributed by atoms with Gasteiger partial charge in [-0.05, 0) is 105 Å². The second-order valence-electron chi connectivity index (χ2n) is 12.3. The van der Waals surface area contributed by atoms with E-state index in [9.17, 15) is 19.5 Å². The standard InChI is InChI=1S/C31H40O5.CH4/c1-16-6-8-20(18(3)29(33)34)12-25-22-10-11-31(27(22)14-23(16)25)26-13-21(19(4)30(35)36-5)9-7-17(2)24(26)15-28(31)32;/h20-27H,1-4,6-15H2,5H3,(H,33,34);1H4/t20?,21-,22?,23?,24?,25?,26?,27?,31?;/m1./s1. The Morgan fingerprint density at radius 3 is 2.14 bits per heavy atom. The van der Waals surface area contributed by atoms with Crippen molar-refractivity contribution >= 4 is 17.7 Å². The van der Waals surface area contributed by atoms with Crippen LogP contribution in [0.15, 0.2) is 48.6 Å². The molecule has 0 aromatic carbocycles. The van der Waals surface area contributed by atoms with E-state index in [1.54, 1.807) is 0 Å². The quantitative estimate of drug-likeness (QED) is 0.264. The number of allylic oxidation sites excluding steroid dienone is 2. The van der Waals surface area contributed by atoms with Gasteiger partial charge in [-0.1, -0.05) is 44.9 Å². The summed E-state index contributed by atoms with van der Waals surface area (Å²) in [6.45, 7) is 16.9. The maximum atomic E-state index is 14.0. The number of methoxy groups -OCH3 is 1. The SMILES string of the molecule is C.C=C(C(=O)O)C1CCC(=C)C2CC3C(CCC34C(=O)CC3C(=C)CC[C@@H](C(=C)C(=O)OC)CC34)C2C1. The zero-order valence-corrected chi connectivity index (χ0v) is 21.6. The summed E-state index contributed by atoms with van der Waals surface area (Å²) in [5.74, 6) is 0.915. The molecule has 5 fully saturated rings. The Bertz CT molecular complexity index is 1050. The molecule has 0 aliphatic heterocycles. The van der Waals surface area contributed by atoms with E-state index in [4.69, 9.17) is 4.74 Å². The molecule has 0 amide bonds. The molecule has 8 unspecified atom stereocenters. The summed E-state index contributed by atoms with van der Waals surface area (Å²) in [5.41, 5.74) is 2.86. The van der Waals surface area contributed by atoms with Gasteiger partial charge in [0.15, 0.2) is 0 Å². The number of carboxylic acids is 1. The van der Waals surface area contributed by atoms with Gasteiger partial charge in [0.2, 0.25) is 0 Å². The molecule has 0 saturated heterocycles. The first-order valence-electron chi connectivity index (χ1n) is 13.7. The number of carbonyl (C=O) groups is 3. The summed E-state index contributed by atoms with van der Waals surface area (Å²) in [5, 5.41) is 9.61. The van der Waals surface area contributed by atoms with Gasteiger partial charge in [0, 0.05) is 23.0 Å². The van der Waals surface area contributed by atoms with Gasteiger partial charge < -0.3 is 9.84 Å². The first-order valence-corrected chi connectivity index (χ1v) is 13.7. The van der Waals surface area contributed by atoms with Gasteiger partial charge in [0.1, 0.15) is 5.78 Å². The molecule has 0 aromatic rings. The molecule has 5 rings (SSSR count). The van der Waals surface area contributed by atoms with E-state index in [0.29, 0.717) is 47.0 Å². The van der Waals surface area contributed by atoms with E-state index in [1.807, 2.05) is 0 Å². The number of hydrogen-bond acceptors (Lipinski definition) is 4. The van der Waals surface area contributed by atoms with Crippen molar-refractivity contribution in [2.24, 2.45) is 52.8 Å². The third kappa shape index (κ3) is 4.17. The van der Waals surface area contributed by atoms with E-state index in [2.05, 4.69) is 26.3 Å². The normalized spacial score (nSPS) is 40.6. The highest BCUT2D eigenvalue weighted by Gasteiger charge is 2.67. The molecule has 5 saturated carbocycles. The minimum absolute atomic E-state index is 0. The number of rotatable bonds is 4. The van der Waals surface area contributed by atoms with E-state index in [1.165, 1.54) is 12.7 Å². The minimum Gasteiger partial charge on any atom is -0.478 e. The van der Waals surface area contributed by atoms with Crippen LogP contribution in [0.3, 0.4) is 0 Å². The minimum atomic E-state index is -0.899. The Morgan fingerprint density at radius 1 is 0.892 bits per heavy atom. The molecule has 0 heterocycles. The number of ketones is 1. The Balaban J connectivity index is 0.00000320. The van der Waals surface area contributed by atoms with Crippen LogP contribution in [0.1, 0.15) is 71.6 Å². The summed E-state index contributed by atoms with van der Waals surface area (Å²) < 4.78 is 5.00. The Kier molecular flexibility index (Phi) is 7.49. The van der Waals surface area contributed by atoms with Gasteiger partial charge >= 0.3 is 11.9 Å². The fourth-order valence-electron chi connectivity index (χ4n) is 9.40. The second kappa shape index (κ2) is 10.0. The third-order valence-electron chi connectivity index (χ3n) is 11.2. The Hall–Kier alpha value is -2.43. The number of hydrogen-bond donors (Lipinski definition) is 1. The Morgan fingerprint density at radius 2 is 1.51 bits per heavy atom. The lowest BCUT2D eigenvalue weighted by molar-refractivity contribution is -0.137. The lowest BCUT2D eigenvalue weighted by Crippen LogP contribution is -2.39. The van der Waals surface area contributed by atoms with Crippen molar-refractivity contribution in [2.75, 3.05) is 7.11 Å². The zero-order valence-electron chi connectivity index (χ0n) is 21.6. The molecule has 0 radical (unpaired) electrons. The van der Waals surface area contributed by atoms with Crippen LogP contribution in [0.4, 0.5) is 0 Å². The molecule has 5 aliphatic carbocycles. The molecule has 1 spiro atoms. The number of esters is 1. The lowest BCUT2D eigenvalue weighted by atomic mass is 9.63. The van der Waals surface area contributed by atoms with Crippen LogP contribution in [0.5, 0.6) is 0 Å². The van der Waals surface area contributed by atoms with Crippen LogP contribution >= 0.6 is 0 Å². The third-order valence-corrected chi connectivity index (χ3v) is 11.2. The van der Waals surface area contributed by atoms with Gasteiger partial charge in [0.25, 0.3) is 0 Å². The number of carbonyl (C=O) groups excluding carboxylic acids is 2. The van der Waals surface area contributed by atoms with Crippen LogP contribution < -0.4 is 0 Å². The fraction of sp³-hybridized carbons (Fsp3) is 0.656. The van der Waals surface area contributed by atoms with Gasteiger partial charge in [-0.3, -0.25) is 4.79 Å². The average molecular weight is 509 g/mol. The average Bonchev–Trinajstić information content (AvgIpc) is 3.41. The summed E-state index contributed by atoms with van der Waals surface area (Å²) in [4.78, 5) is 38.1. The molecule has 5 heteroatoms. The number of aliphatic carboxylic acids is 1. The predicted molar refractivity (Wildman–Crippen MR) is 144 cm³/mol. The van der Waals surface area contributed by atoms with Gasteiger partial charge in [-0.25, -0.2) is 9.59 Å². The fourth-order valence-corrected chi connectivity index (χ4v) is 9.40. The van der Waals surface area contributed by atoms with Crippen molar-refractivity contribution in [3.05, 3.63) is 48.6 Å². The number of ether oxygens (including phenoxy) is 1. The van der Waals surface area contributed by atoms with Crippen LogP contribution in [0.25, 0.3) is 0 Å². The van der Waals surface area contributed by atoms with E-state index < -0.39 is 5.97 Å². The maximum absolute atomic E-state index is 14.0. The van der Waals surface area contributed by atoms with Crippen molar-refractivity contribution in [2.45, 2.75) is 71.6 Å². The summed E-state index contributed by atoms with van der Waals surface area (Å²) in [7, 11) is 1.40. The zero-order chi connectivity index (χ0) is 25.9. The van der Waals surface area contributed by atoms with Crippen molar-refractivity contribution in [3.8, 4) is 0 Å². The van der Waals surface area contributed by atoms with Crippen molar-refractivity contribution in [3.63, 3.8) is 0 Å². The van der Waals surface area contributed by atoms with E-state index in [-0.39, 0.29) is 42.5 Å². The highest BCUT2D eigenvalue weighted by Crippen LogP contribution is 2.70. The van der Waals surface area contributed by atoms with Crippen LogP contribution in [-0.2, 0) is 19.1 Å². The van der Waals surface area contributed by atoms with Crippen molar-refractivity contribution < 1.29 is 24.2 Å². The predicted octanol–water partition coefficient (Wildman–Crippen LogP) is 6.56. The highest BCUT2D eigenvalue weighted by atomic mass is 16.5. The second-order valence-corrected chi connectivity index (χ2v) is 12.3. The monoisotopic (exact) mass is 508 g/mol. The molecular weight excluding hydrogens is 464 g/mol. The first-order chi connectivity index (χ1) is 17.1. The lowest BCUT2D eigenvalue weighted by Gasteiger charge is -2.39. The number of fused-ring (bicyclic) bond motifs is 6. The van der Waals surface area contributed by atoms with E-state index in [0.717, 1.165) is 63.4 Å². The highest BCUT2D eigenvalue weighted by molar-refractivity contribution is 5.90. The van der Waals surface area contributed by atoms with Crippen LogP contribution in [-0.4, -0.2) is 29.9 Å². The molecule has 5 aliphatic rings. The molecule has 9 atom stereocenters. The first kappa shape index (κ1) is 27.6. The van der Waals surface area contributed by atoms with Gasteiger partial charge in [-0.15, -0.1) is 0 Å². The Labute approximate surface area is 222 Å². The summed E-state index contributed by atoms with van der Waals surface area (Å²) >= 11 is 0. The van der Waals surface area contributed by atoms with Crippen molar-refractivity contribution in [1.29, 1.82) is 0 Å². The van der Waals surface area contributed by atoms with Gasteiger partial charge in [-0.2, -0.15) is 0 Å². The largest absolute Gasteiger partial charge is 0.478 e. The molecule has 202 valence electrons. The smallest absolute Gasteiger partial charge is 0.333 e. The number of carboxylic acid groups (broad SMARTS) is 1. The summed E-state index contributed by atoms with van der Waals surface area (Å²) in [6, 6.07) is 0. The van der Waals surface area contributed by atoms with Crippen LogP contribution in [0.2, 0.25) is 0 Å². The van der Waals surface area contributed by atoms with Crippen LogP contribution in [0, 0.1) is 52.8 Å². The molecule has 37 heavy (non-hydrogen) atoms. The molecule has 0 aromatic heterocycles. The van der Waals surface area contributed by atoms with E-state index >= 15 is 0 Å². The molecule has 1 N–H and O–H groups in total. The molecule has 5 nitrogen and oxygen atoms in total.